The van der Waals surface area contributed by atoms with Crippen molar-refractivity contribution in [3.8, 4) is 11.5 Å². The summed E-state index contributed by atoms with van der Waals surface area (Å²) in [6.07, 6.45) is 0.596. The molecule has 0 amide bonds. The van der Waals surface area contributed by atoms with E-state index in [2.05, 4.69) is 5.32 Å². The van der Waals surface area contributed by atoms with Crippen molar-refractivity contribution in [3.05, 3.63) is 92.2 Å². The molecule has 0 aliphatic rings. The molecule has 0 heterocycles. The second kappa shape index (κ2) is 11.6. The van der Waals surface area contributed by atoms with E-state index in [4.69, 9.17) is 44.3 Å². The van der Waals surface area contributed by atoms with Crippen LogP contribution in [-0.2, 0) is 19.6 Å². The maximum atomic E-state index is 13.7. The molecule has 0 atom stereocenters. The van der Waals surface area contributed by atoms with Crippen LogP contribution in [0.5, 0.6) is 11.5 Å². The maximum Gasteiger partial charge on any atom is 0.180 e. The van der Waals surface area contributed by atoms with E-state index in [0.29, 0.717) is 63.8 Å². The third kappa shape index (κ3) is 6.50. The summed E-state index contributed by atoms with van der Waals surface area (Å²) in [7, 11) is 0. The first-order valence-electron chi connectivity index (χ1n) is 9.94. The predicted molar refractivity (Wildman–Crippen MR) is 125 cm³/mol. The fourth-order valence-electron chi connectivity index (χ4n) is 3.10. The molecule has 3 aromatic rings. The van der Waals surface area contributed by atoms with E-state index in [0.717, 1.165) is 5.56 Å². The molecule has 0 fully saturated rings. The lowest BCUT2D eigenvalue weighted by atomic mass is 10.1. The van der Waals surface area contributed by atoms with Crippen molar-refractivity contribution in [2.75, 3.05) is 13.2 Å². The summed E-state index contributed by atoms with van der Waals surface area (Å²) >= 11 is 18.9. The fourth-order valence-corrected chi connectivity index (χ4v) is 3.89. The summed E-state index contributed by atoms with van der Waals surface area (Å²) in [4.78, 5) is 0. The highest BCUT2D eigenvalue weighted by Crippen LogP contribution is 2.38. The second-order valence-corrected chi connectivity index (χ2v) is 8.07. The molecular formula is C24H23Cl3FNO2. The molecule has 0 aliphatic carbocycles. The van der Waals surface area contributed by atoms with Crippen LogP contribution in [0.2, 0.25) is 15.1 Å². The Morgan fingerprint density at radius 2 is 1.65 bits per heavy atom. The molecule has 0 unspecified atom stereocenters. The number of rotatable bonds is 10. The molecule has 0 aliphatic heterocycles. The Morgan fingerprint density at radius 3 is 2.35 bits per heavy atom. The molecule has 3 rings (SSSR count). The van der Waals surface area contributed by atoms with E-state index in [1.807, 2.05) is 25.1 Å². The molecule has 164 valence electrons. The summed E-state index contributed by atoms with van der Waals surface area (Å²) in [6.45, 7) is 3.71. The number of benzene rings is 3. The minimum atomic E-state index is -0.189. The van der Waals surface area contributed by atoms with Gasteiger partial charge in [0, 0.05) is 22.2 Å². The van der Waals surface area contributed by atoms with Crippen molar-refractivity contribution in [1.82, 2.24) is 5.32 Å². The van der Waals surface area contributed by atoms with E-state index in [1.165, 1.54) is 6.07 Å². The zero-order chi connectivity index (χ0) is 22.2. The molecule has 0 bridgehead atoms. The highest BCUT2D eigenvalue weighted by molar-refractivity contribution is 6.36. The van der Waals surface area contributed by atoms with Gasteiger partial charge in [-0.15, -0.1) is 0 Å². The lowest BCUT2D eigenvalue weighted by molar-refractivity contribution is 0.269. The first-order chi connectivity index (χ1) is 15.0. The van der Waals surface area contributed by atoms with E-state index >= 15 is 0 Å². The Balaban J connectivity index is 1.66. The van der Waals surface area contributed by atoms with Gasteiger partial charge < -0.3 is 14.8 Å². The SMILES string of the molecule is CCOc1cc(CNCCc2ccccc2F)cc(Cl)c1OCc1c(Cl)cccc1Cl. The molecule has 0 saturated heterocycles. The summed E-state index contributed by atoms with van der Waals surface area (Å²) < 4.78 is 25.4. The normalized spacial score (nSPS) is 10.9. The average molecular weight is 483 g/mol. The van der Waals surface area contributed by atoms with Gasteiger partial charge in [-0.25, -0.2) is 4.39 Å². The van der Waals surface area contributed by atoms with Gasteiger partial charge in [-0.2, -0.15) is 0 Å². The molecule has 0 radical (unpaired) electrons. The Hall–Kier alpha value is -1.98. The van der Waals surface area contributed by atoms with Crippen LogP contribution in [0.4, 0.5) is 4.39 Å². The lowest BCUT2D eigenvalue weighted by Gasteiger charge is -2.16. The zero-order valence-electron chi connectivity index (χ0n) is 17.1. The Kier molecular flexibility index (Phi) is 8.85. The van der Waals surface area contributed by atoms with Gasteiger partial charge in [-0.3, -0.25) is 0 Å². The third-order valence-corrected chi connectivity index (χ3v) is 5.64. The number of ether oxygens (including phenoxy) is 2. The number of halogens is 4. The van der Waals surface area contributed by atoms with Crippen molar-refractivity contribution >= 4 is 34.8 Å². The molecule has 3 nitrogen and oxygen atoms in total. The Morgan fingerprint density at radius 1 is 0.903 bits per heavy atom. The predicted octanol–water partition coefficient (Wildman–Crippen LogP) is 7.10. The molecule has 31 heavy (non-hydrogen) atoms. The van der Waals surface area contributed by atoms with Crippen LogP contribution in [0.25, 0.3) is 0 Å². The van der Waals surface area contributed by atoms with Crippen molar-refractivity contribution in [1.29, 1.82) is 0 Å². The van der Waals surface area contributed by atoms with Gasteiger partial charge in [0.05, 0.1) is 11.6 Å². The monoisotopic (exact) mass is 481 g/mol. The zero-order valence-corrected chi connectivity index (χ0v) is 19.3. The number of nitrogens with one attached hydrogen (secondary N) is 1. The summed E-state index contributed by atoms with van der Waals surface area (Å²) in [6, 6.07) is 15.8. The molecule has 7 heteroatoms. The van der Waals surface area contributed by atoms with E-state index in [1.54, 1.807) is 30.3 Å². The van der Waals surface area contributed by atoms with Crippen molar-refractivity contribution in [3.63, 3.8) is 0 Å². The highest BCUT2D eigenvalue weighted by atomic mass is 35.5. The lowest BCUT2D eigenvalue weighted by Crippen LogP contribution is -2.17. The maximum absolute atomic E-state index is 13.7. The fraction of sp³-hybridized carbons (Fsp3) is 0.250. The molecule has 0 spiro atoms. The van der Waals surface area contributed by atoms with Crippen molar-refractivity contribution in [2.45, 2.75) is 26.5 Å². The molecular weight excluding hydrogens is 460 g/mol. The summed E-state index contributed by atoms with van der Waals surface area (Å²) in [5.74, 6) is 0.796. The summed E-state index contributed by atoms with van der Waals surface area (Å²) in [5, 5.41) is 4.79. The summed E-state index contributed by atoms with van der Waals surface area (Å²) in [5.41, 5.74) is 2.30. The van der Waals surface area contributed by atoms with E-state index in [-0.39, 0.29) is 12.4 Å². The standard InChI is InChI=1S/C24H23Cl3FNO2/c1-2-30-23-13-16(14-29-11-10-17-6-3-4-9-22(17)28)12-21(27)24(23)31-15-18-19(25)7-5-8-20(18)26/h3-9,12-13,29H,2,10-11,14-15H2,1H3. The van der Waals surface area contributed by atoms with Gasteiger partial charge in [-0.1, -0.05) is 59.1 Å². The average Bonchev–Trinajstić information content (AvgIpc) is 2.74. The molecule has 1 N–H and O–H groups in total. The van der Waals surface area contributed by atoms with Crippen LogP contribution in [0, 0.1) is 5.82 Å². The van der Waals surface area contributed by atoms with Crippen LogP contribution in [0.15, 0.2) is 54.6 Å². The van der Waals surface area contributed by atoms with Crippen LogP contribution < -0.4 is 14.8 Å². The minimum Gasteiger partial charge on any atom is -0.490 e. The first-order valence-corrected chi connectivity index (χ1v) is 11.1. The van der Waals surface area contributed by atoms with Crippen molar-refractivity contribution in [2.24, 2.45) is 0 Å². The van der Waals surface area contributed by atoms with Gasteiger partial charge in [0.1, 0.15) is 12.4 Å². The number of hydrogen-bond donors (Lipinski definition) is 1. The third-order valence-electron chi connectivity index (χ3n) is 4.65. The topological polar surface area (TPSA) is 30.5 Å². The number of hydrogen-bond acceptors (Lipinski definition) is 3. The largest absolute Gasteiger partial charge is 0.490 e. The smallest absolute Gasteiger partial charge is 0.180 e. The second-order valence-electron chi connectivity index (χ2n) is 6.84. The van der Waals surface area contributed by atoms with Crippen LogP contribution in [0.1, 0.15) is 23.6 Å². The van der Waals surface area contributed by atoms with Crippen LogP contribution in [0.3, 0.4) is 0 Å². The van der Waals surface area contributed by atoms with Crippen LogP contribution in [-0.4, -0.2) is 13.2 Å². The van der Waals surface area contributed by atoms with Gasteiger partial charge in [0.25, 0.3) is 0 Å². The first kappa shape index (κ1) is 23.7. The van der Waals surface area contributed by atoms with Gasteiger partial charge in [0.2, 0.25) is 0 Å². The Labute approximate surface area is 197 Å². The quantitative estimate of drug-likeness (QED) is 0.313. The van der Waals surface area contributed by atoms with Gasteiger partial charge in [-0.05, 0) is 61.3 Å². The molecule has 0 aromatic heterocycles. The molecule has 0 saturated carbocycles. The van der Waals surface area contributed by atoms with Gasteiger partial charge >= 0.3 is 0 Å². The van der Waals surface area contributed by atoms with Gasteiger partial charge in [0.15, 0.2) is 11.5 Å². The minimum absolute atomic E-state index is 0.165. The van der Waals surface area contributed by atoms with Crippen molar-refractivity contribution < 1.29 is 13.9 Å². The highest BCUT2D eigenvalue weighted by Gasteiger charge is 2.15. The van der Waals surface area contributed by atoms with Crippen LogP contribution >= 0.6 is 34.8 Å². The van der Waals surface area contributed by atoms with E-state index in [9.17, 15) is 4.39 Å². The Bertz CT molecular complexity index is 1010. The molecule has 3 aromatic carbocycles. The van der Waals surface area contributed by atoms with E-state index < -0.39 is 0 Å².